The summed E-state index contributed by atoms with van der Waals surface area (Å²) in [6.07, 6.45) is 0. The van der Waals surface area contributed by atoms with E-state index in [0.717, 1.165) is 5.69 Å². The van der Waals surface area contributed by atoms with E-state index in [0.29, 0.717) is 12.1 Å². The van der Waals surface area contributed by atoms with Gasteiger partial charge in [0, 0.05) is 17.8 Å². The third-order valence-electron chi connectivity index (χ3n) is 2.46. The van der Waals surface area contributed by atoms with E-state index in [-0.39, 0.29) is 11.7 Å². The highest BCUT2D eigenvalue weighted by atomic mass is 19.1. The SMILES string of the molecule is CCN1C(=O)C(N)c2cc(F)ccc21. The summed E-state index contributed by atoms with van der Waals surface area (Å²) in [5.41, 5.74) is 6.98. The van der Waals surface area contributed by atoms with Crippen LogP contribution in [-0.2, 0) is 4.79 Å². The summed E-state index contributed by atoms with van der Waals surface area (Å²) in [5.74, 6) is -0.516. The zero-order valence-corrected chi connectivity index (χ0v) is 7.83. The van der Waals surface area contributed by atoms with Gasteiger partial charge in [0.05, 0.1) is 0 Å². The molecule has 1 aromatic carbocycles. The average Bonchev–Trinajstić information content (AvgIpc) is 2.41. The number of benzene rings is 1. The van der Waals surface area contributed by atoms with Crippen LogP contribution in [0, 0.1) is 5.82 Å². The van der Waals surface area contributed by atoms with Crippen molar-refractivity contribution in [1.29, 1.82) is 0 Å². The van der Waals surface area contributed by atoms with Crippen LogP contribution in [0.15, 0.2) is 18.2 Å². The fourth-order valence-corrected chi connectivity index (χ4v) is 1.77. The number of amides is 1. The molecule has 1 unspecified atom stereocenters. The molecule has 3 nitrogen and oxygen atoms in total. The molecule has 0 saturated heterocycles. The van der Waals surface area contributed by atoms with Gasteiger partial charge in [0.15, 0.2) is 0 Å². The molecule has 2 N–H and O–H groups in total. The Labute approximate surface area is 81.3 Å². The summed E-state index contributed by atoms with van der Waals surface area (Å²) in [6.45, 7) is 2.42. The maximum absolute atomic E-state index is 12.9. The van der Waals surface area contributed by atoms with Gasteiger partial charge in [-0.25, -0.2) is 4.39 Å². The zero-order valence-electron chi connectivity index (χ0n) is 7.83. The van der Waals surface area contributed by atoms with Gasteiger partial charge in [-0.15, -0.1) is 0 Å². The molecule has 2 rings (SSSR count). The van der Waals surface area contributed by atoms with E-state index in [4.69, 9.17) is 5.73 Å². The van der Waals surface area contributed by atoms with Gasteiger partial charge in [-0.05, 0) is 25.1 Å². The Kier molecular flexibility index (Phi) is 2.00. The molecule has 0 saturated carbocycles. The van der Waals surface area contributed by atoms with Gasteiger partial charge in [-0.2, -0.15) is 0 Å². The molecule has 1 heterocycles. The molecule has 4 heteroatoms. The van der Waals surface area contributed by atoms with E-state index in [9.17, 15) is 9.18 Å². The Morgan fingerprint density at radius 1 is 1.57 bits per heavy atom. The third-order valence-corrected chi connectivity index (χ3v) is 2.46. The number of rotatable bonds is 1. The molecule has 0 spiro atoms. The largest absolute Gasteiger partial charge is 0.316 e. The van der Waals surface area contributed by atoms with E-state index in [1.54, 1.807) is 11.0 Å². The number of hydrogen-bond donors (Lipinski definition) is 1. The van der Waals surface area contributed by atoms with Crippen molar-refractivity contribution in [2.24, 2.45) is 5.73 Å². The Morgan fingerprint density at radius 3 is 2.93 bits per heavy atom. The fourth-order valence-electron chi connectivity index (χ4n) is 1.77. The highest BCUT2D eigenvalue weighted by Crippen LogP contribution is 2.34. The maximum atomic E-state index is 12.9. The van der Waals surface area contributed by atoms with E-state index in [1.165, 1.54) is 12.1 Å². The summed E-state index contributed by atoms with van der Waals surface area (Å²) in [6, 6.07) is 3.56. The number of carbonyl (C=O) groups is 1. The molecule has 0 aliphatic carbocycles. The number of likely N-dealkylation sites (N-methyl/N-ethyl adjacent to an activating group) is 1. The lowest BCUT2D eigenvalue weighted by molar-refractivity contribution is -0.119. The minimum atomic E-state index is -0.708. The van der Waals surface area contributed by atoms with Crippen molar-refractivity contribution < 1.29 is 9.18 Å². The molecule has 74 valence electrons. The van der Waals surface area contributed by atoms with Gasteiger partial charge < -0.3 is 10.6 Å². The lowest BCUT2D eigenvalue weighted by Crippen LogP contribution is -2.31. The number of anilines is 1. The van der Waals surface area contributed by atoms with Crippen LogP contribution in [0.1, 0.15) is 18.5 Å². The quantitative estimate of drug-likeness (QED) is 0.730. The van der Waals surface area contributed by atoms with Crippen LogP contribution in [0.5, 0.6) is 0 Å². The maximum Gasteiger partial charge on any atom is 0.248 e. The number of nitrogens with zero attached hydrogens (tertiary/aromatic N) is 1. The normalized spacial score (nSPS) is 20.1. The topological polar surface area (TPSA) is 46.3 Å². The molecule has 0 bridgehead atoms. The van der Waals surface area contributed by atoms with Crippen molar-refractivity contribution in [3.8, 4) is 0 Å². The van der Waals surface area contributed by atoms with Gasteiger partial charge in [0.2, 0.25) is 5.91 Å². The smallest absolute Gasteiger partial charge is 0.248 e. The van der Waals surface area contributed by atoms with Gasteiger partial charge in [0.1, 0.15) is 11.9 Å². The third kappa shape index (κ3) is 1.11. The summed E-state index contributed by atoms with van der Waals surface area (Å²) in [5, 5.41) is 0. The van der Waals surface area contributed by atoms with Crippen LogP contribution in [0.2, 0.25) is 0 Å². The van der Waals surface area contributed by atoms with Crippen molar-refractivity contribution in [3.05, 3.63) is 29.6 Å². The van der Waals surface area contributed by atoms with Crippen molar-refractivity contribution in [2.75, 3.05) is 11.4 Å². The van der Waals surface area contributed by atoms with Gasteiger partial charge in [-0.3, -0.25) is 4.79 Å². The standard InChI is InChI=1S/C10H11FN2O/c1-2-13-8-4-3-6(11)5-7(8)9(12)10(13)14/h3-5,9H,2,12H2,1H3. The summed E-state index contributed by atoms with van der Waals surface area (Å²) < 4.78 is 12.9. The lowest BCUT2D eigenvalue weighted by Gasteiger charge is -2.13. The first-order valence-electron chi connectivity index (χ1n) is 4.51. The fraction of sp³-hybridized carbons (Fsp3) is 0.300. The van der Waals surface area contributed by atoms with E-state index in [2.05, 4.69) is 0 Å². The minimum absolute atomic E-state index is 0.159. The second-order valence-corrected chi connectivity index (χ2v) is 3.26. The van der Waals surface area contributed by atoms with Crippen LogP contribution < -0.4 is 10.6 Å². The van der Waals surface area contributed by atoms with Crippen LogP contribution in [0.4, 0.5) is 10.1 Å². The Hall–Kier alpha value is -1.42. The first-order chi connectivity index (χ1) is 6.65. The molecular formula is C10H11FN2O. The van der Waals surface area contributed by atoms with Gasteiger partial charge >= 0.3 is 0 Å². The first kappa shape index (κ1) is 9.15. The molecule has 0 fully saturated rings. The first-order valence-corrected chi connectivity index (χ1v) is 4.51. The van der Waals surface area contributed by atoms with E-state index < -0.39 is 6.04 Å². The lowest BCUT2D eigenvalue weighted by atomic mass is 10.1. The van der Waals surface area contributed by atoms with Crippen molar-refractivity contribution in [1.82, 2.24) is 0 Å². The number of halogens is 1. The van der Waals surface area contributed by atoms with Crippen molar-refractivity contribution in [3.63, 3.8) is 0 Å². The van der Waals surface area contributed by atoms with Crippen molar-refractivity contribution >= 4 is 11.6 Å². The van der Waals surface area contributed by atoms with Gasteiger partial charge in [0.25, 0.3) is 0 Å². The number of hydrogen-bond acceptors (Lipinski definition) is 2. The minimum Gasteiger partial charge on any atom is -0.316 e. The molecule has 1 aliphatic heterocycles. The van der Waals surface area contributed by atoms with Crippen LogP contribution in [0.3, 0.4) is 0 Å². The van der Waals surface area contributed by atoms with E-state index >= 15 is 0 Å². The highest BCUT2D eigenvalue weighted by Gasteiger charge is 2.33. The number of carbonyl (C=O) groups excluding carboxylic acids is 1. The highest BCUT2D eigenvalue weighted by molar-refractivity contribution is 6.04. The number of fused-ring (bicyclic) bond motifs is 1. The predicted octanol–water partition coefficient (Wildman–Crippen LogP) is 1.19. The summed E-state index contributed by atoms with van der Waals surface area (Å²) in [4.78, 5) is 13.2. The monoisotopic (exact) mass is 194 g/mol. The second kappa shape index (κ2) is 3.06. The second-order valence-electron chi connectivity index (χ2n) is 3.26. The summed E-state index contributed by atoms with van der Waals surface area (Å²) in [7, 11) is 0. The van der Waals surface area contributed by atoms with E-state index in [1.807, 2.05) is 6.92 Å². The Balaban J connectivity index is 2.55. The van der Waals surface area contributed by atoms with Crippen LogP contribution in [0.25, 0.3) is 0 Å². The van der Waals surface area contributed by atoms with Gasteiger partial charge in [-0.1, -0.05) is 0 Å². The zero-order chi connectivity index (χ0) is 10.3. The Bertz CT molecular complexity index is 392. The van der Waals surface area contributed by atoms with Crippen LogP contribution >= 0.6 is 0 Å². The average molecular weight is 194 g/mol. The molecule has 1 aliphatic rings. The molecule has 1 atom stereocenters. The molecule has 1 aromatic rings. The summed E-state index contributed by atoms with van der Waals surface area (Å²) >= 11 is 0. The van der Waals surface area contributed by atoms with Crippen molar-refractivity contribution in [2.45, 2.75) is 13.0 Å². The Morgan fingerprint density at radius 2 is 2.29 bits per heavy atom. The molecule has 1 amide bonds. The molecular weight excluding hydrogens is 183 g/mol. The molecule has 14 heavy (non-hydrogen) atoms. The molecule has 0 radical (unpaired) electrons. The predicted molar refractivity (Wildman–Crippen MR) is 51.4 cm³/mol. The molecule has 0 aromatic heterocycles. The number of nitrogens with two attached hydrogens (primary N) is 1. The van der Waals surface area contributed by atoms with Crippen LogP contribution in [-0.4, -0.2) is 12.5 Å².